The summed E-state index contributed by atoms with van der Waals surface area (Å²) in [5.41, 5.74) is 2.23. The lowest BCUT2D eigenvalue weighted by Gasteiger charge is -2.31. The summed E-state index contributed by atoms with van der Waals surface area (Å²) in [6.45, 7) is 3.91. The number of alkyl halides is 3. The maximum Gasteiger partial charge on any atom is 0.416 e. The summed E-state index contributed by atoms with van der Waals surface area (Å²) >= 11 is 0. The summed E-state index contributed by atoms with van der Waals surface area (Å²) in [5, 5.41) is 21.2. The van der Waals surface area contributed by atoms with E-state index in [1.807, 2.05) is 6.07 Å². The molecule has 2 fully saturated rings. The van der Waals surface area contributed by atoms with Crippen molar-refractivity contribution in [2.75, 3.05) is 23.3 Å². The highest BCUT2D eigenvalue weighted by Crippen LogP contribution is 2.41. The molecule has 0 bridgehead atoms. The molecule has 1 saturated carbocycles. The van der Waals surface area contributed by atoms with Crippen molar-refractivity contribution in [3.63, 3.8) is 0 Å². The number of piperidine rings is 1. The van der Waals surface area contributed by atoms with Crippen molar-refractivity contribution < 1.29 is 18.0 Å². The number of nitrogens with one attached hydrogen (secondary N) is 1. The molecule has 4 heterocycles. The minimum atomic E-state index is -4.62. The molecule has 1 aliphatic carbocycles. The van der Waals surface area contributed by atoms with Gasteiger partial charge in [0.2, 0.25) is 0 Å². The highest BCUT2D eigenvalue weighted by molar-refractivity contribution is 6.10. The second kappa shape index (κ2) is 11.6. The van der Waals surface area contributed by atoms with Gasteiger partial charge in [0.05, 0.1) is 23.7 Å². The molecule has 1 amide bonds. The van der Waals surface area contributed by atoms with Gasteiger partial charge in [-0.25, -0.2) is 4.98 Å². The molecular formula is C34H33F3N8O. The van der Waals surface area contributed by atoms with E-state index in [9.17, 15) is 23.2 Å². The van der Waals surface area contributed by atoms with Gasteiger partial charge in [0, 0.05) is 37.3 Å². The van der Waals surface area contributed by atoms with Crippen LogP contribution in [0.5, 0.6) is 0 Å². The number of carbonyl (C=O) groups excluding carboxylic acids is 1. The molecule has 3 aliphatic rings. The van der Waals surface area contributed by atoms with Crippen molar-refractivity contribution >= 4 is 17.5 Å². The lowest BCUT2D eigenvalue weighted by atomic mass is 9.96. The zero-order chi connectivity index (χ0) is 32.2. The van der Waals surface area contributed by atoms with Gasteiger partial charge in [0.15, 0.2) is 5.82 Å². The maximum atomic E-state index is 14.5. The van der Waals surface area contributed by atoms with Crippen molar-refractivity contribution in [2.45, 2.75) is 57.9 Å². The molecule has 0 spiro atoms. The smallest absolute Gasteiger partial charge is 0.367 e. The molecule has 12 heteroatoms. The number of pyridine rings is 1. The molecule has 1 saturated heterocycles. The lowest BCUT2D eigenvalue weighted by molar-refractivity contribution is -0.138. The Hall–Kier alpha value is -4.76. The number of carbonyl (C=O) groups is 1. The van der Waals surface area contributed by atoms with E-state index >= 15 is 0 Å². The van der Waals surface area contributed by atoms with E-state index < -0.39 is 17.6 Å². The number of hydrogen-bond donors (Lipinski definition) is 1. The molecule has 236 valence electrons. The predicted molar refractivity (Wildman–Crippen MR) is 167 cm³/mol. The zero-order valence-corrected chi connectivity index (χ0v) is 25.6. The van der Waals surface area contributed by atoms with Crippen LogP contribution in [0, 0.1) is 17.2 Å². The van der Waals surface area contributed by atoms with Gasteiger partial charge in [-0.2, -0.15) is 18.4 Å². The third kappa shape index (κ3) is 5.83. The zero-order valence-electron chi connectivity index (χ0n) is 25.6. The minimum Gasteiger partial charge on any atom is -0.367 e. The number of hydrogen-bond acceptors (Lipinski definition) is 7. The van der Waals surface area contributed by atoms with Gasteiger partial charge in [-0.05, 0) is 96.8 Å². The van der Waals surface area contributed by atoms with E-state index in [0.29, 0.717) is 46.4 Å². The third-order valence-electron chi connectivity index (χ3n) is 8.98. The molecule has 9 nitrogen and oxygen atoms in total. The van der Waals surface area contributed by atoms with Crippen LogP contribution in [0.1, 0.15) is 65.2 Å². The Balaban J connectivity index is 1.30. The number of rotatable bonds is 7. The first-order valence-electron chi connectivity index (χ1n) is 15.5. The van der Waals surface area contributed by atoms with Gasteiger partial charge >= 0.3 is 6.18 Å². The van der Waals surface area contributed by atoms with Crippen LogP contribution in [0.3, 0.4) is 0 Å². The first-order valence-corrected chi connectivity index (χ1v) is 15.5. The van der Waals surface area contributed by atoms with E-state index in [1.165, 1.54) is 11.0 Å². The Labute approximate surface area is 264 Å². The number of anilines is 2. The fourth-order valence-electron chi connectivity index (χ4n) is 6.58. The number of likely N-dealkylation sites (tertiary alicyclic amines) is 1. The summed E-state index contributed by atoms with van der Waals surface area (Å²) < 4.78 is 45.2. The van der Waals surface area contributed by atoms with Crippen LogP contribution in [0.4, 0.5) is 24.8 Å². The average molecular weight is 627 g/mol. The molecule has 2 aromatic carbocycles. The Morgan fingerprint density at radius 1 is 1.07 bits per heavy atom. The van der Waals surface area contributed by atoms with Gasteiger partial charge < -0.3 is 9.88 Å². The number of aryl methyl sites for hydroxylation is 1. The van der Waals surface area contributed by atoms with Crippen molar-refractivity contribution in [1.82, 2.24) is 24.6 Å². The SMILES string of the molecule is C[C@H]1CCCN(Cc2cc3c(c(C(F)(F)F)c2)CN(c2cc(-c4ccc(C#N)cc4-c4nncn4C)cc(NC4CC4)n2)C3=O)C1. The predicted octanol–water partition coefficient (Wildman–Crippen LogP) is 6.40. The summed E-state index contributed by atoms with van der Waals surface area (Å²) in [6, 6.07) is 14.0. The van der Waals surface area contributed by atoms with Crippen molar-refractivity contribution in [3.05, 3.63) is 76.6 Å². The lowest BCUT2D eigenvalue weighted by Crippen LogP contribution is -2.33. The molecular weight excluding hydrogens is 593 g/mol. The van der Waals surface area contributed by atoms with Crippen molar-refractivity contribution in [1.29, 1.82) is 5.26 Å². The molecule has 7 rings (SSSR count). The number of nitrogens with zero attached hydrogens (tertiary/aromatic N) is 7. The van der Waals surface area contributed by atoms with Crippen LogP contribution in [-0.4, -0.2) is 49.7 Å². The third-order valence-corrected chi connectivity index (χ3v) is 8.98. The molecule has 2 aliphatic heterocycles. The van der Waals surface area contributed by atoms with Crippen LogP contribution in [0.2, 0.25) is 0 Å². The Kier molecular flexibility index (Phi) is 7.51. The van der Waals surface area contributed by atoms with E-state index in [1.54, 1.807) is 48.3 Å². The number of nitriles is 1. The van der Waals surface area contributed by atoms with Gasteiger partial charge in [-0.15, -0.1) is 10.2 Å². The fraction of sp³-hybridized carbons (Fsp3) is 0.382. The summed E-state index contributed by atoms with van der Waals surface area (Å²) in [4.78, 5) is 22.2. The summed E-state index contributed by atoms with van der Waals surface area (Å²) in [7, 11) is 1.80. The maximum absolute atomic E-state index is 14.5. The molecule has 1 N–H and O–H groups in total. The van der Waals surface area contributed by atoms with Gasteiger partial charge in [-0.1, -0.05) is 13.0 Å². The first-order chi connectivity index (χ1) is 22.1. The van der Waals surface area contributed by atoms with Crippen molar-refractivity contribution in [3.8, 4) is 28.6 Å². The number of fused-ring (bicyclic) bond motifs is 1. The number of benzene rings is 2. The van der Waals surface area contributed by atoms with Crippen LogP contribution in [0.25, 0.3) is 22.5 Å². The monoisotopic (exact) mass is 626 g/mol. The van der Waals surface area contributed by atoms with Gasteiger partial charge in [0.25, 0.3) is 5.91 Å². The van der Waals surface area contributed by atoms with Gasteiger partial charge in [0.1, 0.15) is 18.0 Å². The van der Waals surface area contributed by atoms with Crippen LogP contribution < -0.4 is 10.2 Å². The van der Waals surface area contributed by atoms with E-state index in [0.717, 1.165) is 44.3 Å². The average Bonchev–Trinajstić information content (AvgIpc) is 3.63. The van der Waals surface area contributed by atoms with Crippen LogP contribution in [0.15, 0.2) is 48.8 Å². The van der Waals surface area contributed by atoms with E-state index in [-0.39, 0.29) is 29.5 Å². The molecule has 0 unspecified atom stereocenters. The molecule has 4 aromatic rings. The first kappa shape index (κ1) is 29.9. The normalized spacial score (nSPS) is 18.5. The summed E-state index contributed by atoms with van der Waals surface area (Å²) in [5.74, 6) is 1.27. The number of amides is 1. The highest BCUT2D eigenvalue weighted by atomic mass is 19.4. The van der Waals surface area contributed by atoms with E-state index in [2.05, 4.69) is 33.4 Å². The van der Waals surface area contributed by atoms with Crippen LogP contribution in [-0.2, 0) is 26.3 Å². The van der Waals surface area contributed by atoms with Gasteiger partial charge in [-0.3, -0.25) is 14.6 Å². The minimum absolute atomic E-state index is 0.0321. The second-order valence-electron chi connectivity index (χ2n) is 12.7. The quantitative estimate of drug-likeness (QED) is 0.253. The van der Waals surface area contributed by atoms with Crippen molar-refractivity contribution in [2.24, 2.45) is 13.0 Å². The Morgan fingerprint density at radius 2 is 1.89 bits per heavy atom. The molecule has 0 radical (unpaired) electrons. The largest absolute Gasteiger partial charge is 0.416 e. The standard InChI is InChI=1S/C34H33F3N8O/c1-20-4-3-9-44(16-20)17-22-11-27-28(29(12-22)34(35,36)37)18-45(33(27)46)31-14-23(13-30(41-31)40-24-6-7-24)25-8-5-21(15-38)10-26(25)32-42-39-19-43(32)2/h5,8,10-14,19-20,24H,3-4,6-7,9,16-18H2,1-2H3,(H,40,41)/t20-/m0/s1. The highest BCUT2D eigenvalue weighted by Gasteiger charge is 2.41. The fourth-order valence-corrected chi connectivity index (χ4v) is 6.58. The van der Waals surface area contributed by atoms with E-state index in [4.69, 9.17) is 4.98 Å². The topological polar surface area (TPSA) is 103 Å². The molecule has 46 heavy (non-hydrogen) atoms. The van der Waals surface area contributed by atoms with Crippen LogP contribution >= 0.6 is 0 Å². The molecule has 2 aromatic heterocycles. The second-order valence-corrected chi connectivity index (χ2v) is 12.7. The number of halogens is 3. The Bertz CT molecular complexity index is 1870. The Morgan fingerprint density at radius 3 is 2.59 bits per heavy atom. The molecule has 1 atom stereocenters. The number of aromatic nitrogens is 4. The summed E-state index contributed by atoms with van der Waals surface area (Å²) in [6.07, 6.45) is 1.01.